The number of aliphatic hydroxyl groups is 1. The summed E-state index contributed by atoms with van der Waals surface area (Å²) in [6.45, 7) is 2.38. The number of hydrogen-bond donors (Lipinski definition) is 1. The van der Waals surface area contributed by atoms with E-state index in [1.165, 1.54) is 11.3 Å². The third kappa shape index (κ3) is 3.44. The van der Waals surface area contributed by atoms with Gasteiger partial charge in [-0.25, -0.2) is 0 Å². The number of rotatable bonds is 4. The first-order valence-electron chi connectivity index (χ1n) is 5.56. The van der Waals surface area contributed by atoms with E-state index in [9.17, 15) is 5.11 Å². The molecule has 2 rings (SSSR count). The summed E-state index contributed by atoms with van der Waals surface area (Å²) in [5.74, 6) is 0.525. The minimum atomic E-state index is -0.803. The molecule has 0 bridgehead atoms. The topological polar surface area (TPSA) is 29.5 Å². The van der Waals surface area contributed by atoms with Gasteiger partial charge in [0.05, 0.1) is 20.4 Å². The smallest absolute Gasteiger partial charge is 0.139 e. The summed E-state index contributed by atoms with van der Waals surface area (Å²) in [5, 5.41) is 13.1. The second-order valence-corrected chi connectivity index (χ2v) is 6.93. The highest BCUT2D eigenvalue weighted by atomic mass is 79.9. The summed E-state index contributed by atoms with van der Waals surface area (Å²) in [6.07, 6.45) is -0.803. The molecule has 102 valence electrons. The Morgan fingerprint density at radius 2 is 2.05 bits per heavy atom. The Labute approximate surface area is 134 Å². The largest absolute Gasteiger partial charge is 0.492 e. The molecule has 1 aromatic carbocycles. The lowest BCUT2D eigenvalue weighted by molar-refractivity contribution is 0.220. The lowest BCUT2D eigenvalue weighted by atomic mass is 10.0. The van der Waals surface area contributed by atoms with E-state index in [4.69, 9.17) is 27.9 Å². The van der Waals surface area contributed by atoms with Gasteiger partial charge in [0.15, 0.2) is 0 Å². The van der Waals surface area contributed by atoms with Crippen LogP contribution in [0.2, 0.25) is 10.0 Å². The molecule has 0 aliphatic carbocycles. The highest BCUT2D eigenvalue weighted by Gasteiger charge is 2.18. The molecule has 1 unspecified atom stereocenters. The quantitative estimate of drug-likeness (QED) is 0.778. The molecule has 1 aromatic heterocycles. The number of ether oxygens (including phenoxy) is 1. The van der Waals surface area contributed by atoms with E-state index in [1.807, 2.05) is 18.4 Å². The average Bonchev–Trinajstić information content (AvgIpc) is 2.79. The molecule has 0 fully saturated rings. The molecule has 0 spiro atoms. The summed E-state index contributed by atoms with van der Waals surface area (Å²) in [6, 6.07) is 5.13. The Bertz CT molecular complexity index is 586. The predicted octanol–water partition coefficient (Wildman–Crippen LogP) is 5.30. The maximum Gasteiger partial charge on any atom is 0.139 e. The maximum absolute atomic E-state index is 10.3. The van der Waals surface area contributed by atoms with E-state index in [2.05, 4.69) is 15.9 Å². The van der Waals surface area contributed by atoms with Crippen LogP contribution in [0.15, 0.2) is 27.4 Å². The van der Waals surface area contributed by atoms with Crippen molar-refractivity contribution in [3.05, 3.63) is 48.5 Å². The summed E-state index contributed by atoms with van der Waals surface area (Å²) >= 11 is 17.2. The van der Waals surface area contributed by atoms with E-state index in [0.29, 0.717) is 28.0 Å². The summed E-state index contributed by atoms with van der Waals surface area (Å²) in [4.78, 5) is 0. The highest BCUT2D eigenvalue weighted by molar-refractivity contribution is 9.11. The fourth-order valence-electron chi connectivity index (χ4n) is 1.67. The second kappa shape index (κ2) is 6.46. The Kier molecular flexibility index (Phi) is 5.15. The monoisotopic (exact) mass is 380 g/mol. The van der Waals surface area contributed by atoms with Gasteiger partial charge in [0.1, 0.15) is 11.9 Å². The van der Waals surface area contributed by atoms with Crippen LogP contribution in [0.5, 0.6) is 5.75 Å². The predicted molar refractivity (Wildman–Crippen MR) is 83.7 cm³/mol. The van der Waals surface area contributed by atoms with Crippen LogP contribution in [0.4, 0.5) is 0 Å². The number of benzene rings is 1. The first-order valence-corrected chi connectivity index (χ1v) is 7.99. The number of thiophene rings is 1. The minimum Gasteiger partial charge on any atom is -0.492 e. The van der Waals surface area contributed by atoms with Crippen molar-refractivity contribution in [2.75, 3.05) is 6.61 Å². The molecule has 6 heteroatoms. The number of hydrogen-bond acceptors (Lipinski definition) is 3. The normalized spacial score (nSPS) is 12.5. The van der Waals surface area contributed by atoms with Crippen molar-refractivity contribution in [2.24, 2.45) is 0 Å². The Morgan fingerprint density at radius 1 is 1.32 bits per heavy atom. The number of aliphatic hydroxyl groups excluding tert-OH is 1. The zero-order valence-corrected chi connectivity index (χ0v) is 13.9. The Balaban J connectivity index is 2.37. The van der Waals surface area contributed by atoms with Crippen molar-refractivity contribution in [2.45, 2.75) is 13.0 Å². The van der Waals surface area contributed by atoms with Gasteiger partial charge in [0, 0.05) is 11.6 Å². The first kappa shape index (κ1) is 15.1. The van der Waals surface area contributed by atoms with Crippen LogP contribution in [0.25, 0.3) is 0 Å². The molecule has 0 amide bonds. The first-order chi connectivity index (χ1) is 9.02. The van der Waals surface area contributed by atoms with Crippen molar-refractivity contribution >= 4 is 50.5 Å². The van der Waals surface area contributed by atoms with Gasteiger partial charge in [-0.2, -0.15) is 0 Å². The van der Waals surface area contributed by atoms with Gasteiger partial charge in [-0.3, -0.25) is 0 Å². The molecule has 0 aliphatic heterocycles. The van der Waals surface area contributed by atoms with Gasteiger partial charge in [0.2, 0.25) is 0 Å². The molecule has 19 heavy (non-hydrogen) atoms. The standard InChI is InChI=1S/C13H11BrCl2O2S/c1-2-18-11-5-9(15)8(4-10(11)16)13(17)7-3-12(14)19-6-7/h3-6,13,17H,2H2,1H3. The molecular formula is C13H11BrCl2O2S. The van der Waals surface area contributed by atoms with Gasteiger partial charge in [-0.15, -0.1) is 11.3 Å². The lowest BCUT2D eigenvalue weighted by Gasteiger charge is -2.14. The van der Waals surface area contributed by atoms with Crippen molar-refractivity contribution in [3.8, 4) is 5.75 Å². The van der Waals surface area contributed by atoms with Crippen molar-refractivity contribution in [1.29, 1.82) is 0 Å². The fourth-order valence-corrected chi connectivity index (χ4v) is 3.34. The minimum absolute atomic E-state index is 0.433. The van der Waals surface area contributed by atoms with Gasteiger partial charge >= 0.3 is 0 Å². The molecule has 1 heterocycles. The van der Waals surface area contributed by atoms with Crippen LogP contribution in [-0.2, 0) is 0 Å². The Hall–Kier alpha value is -0.260. The molecule has 0 aliphatic rings. The molecule has 2 aromatic rings. The van der Waals surface area contributed by atoms with Gasteiger partial charge in [-0.05, 0) is 45.9 Å². The molecule has 0 saturated carbocycles. The van der Waals surface area contributed by atoms with E-state index < -0.39 is 6.10 Å². The van der Waals surface area contributed by atoms with Gasteiger partial charge in [-0.1, -0.05) is 23.2 Å². The van der Waals surface area contributed by atoms with Crippen molar-refractivity contribution in [3.63, 3.8) is 0 Å². The Morgan fingerprint density at radius 3 is 2.63 bits per heavy atom. The zero-order chi connectivity index (χ0) is 14.0. The molecule has 2 nitrogen and oxygen atoms in total. The van der Waals surface area contributed by atoms with E-state index in [0.717, 1.165) is 9.35 Å². The van der Waals surface area contributed by atoms with Crippen molar-refractivity contribution in [1.82, 2.24) is 0 Å². The SMILES string of the molecule is CCOc1cc(Cl)c(C(O)c2csc(Br)c2)cc1Cl. The maximum atomic E-state index is 10.3. The molecule has 0 radical (unpaired) electrons. The molecule has 1 N–H and O–H groups in total. The van der Waals surface area contributed by atoms with Crippen LogP contribution in [0, 0.1) is 0 Å². The van der Waals surface area contributed by atoms with E-state index in [1.54, 1.807) is 12.1 Å². The van der Waals surface area contributed by atoms with Gasteiger partial charge in [0.25, 0.3) is 0 Å². The zero-order valence-electron chi connectivity index (χ0n) is 9.99. The van der Waals surface area contributed by atoms with E-state index >= 15 is 0 Å². The van der Waals surface area contributed by atoms with Gasteiger partial charge < -0.3 is 9.84 Å². The number of halogens is 3. The molecular weight excluding hydrogens is 371 g/mol. The third-order valence-corrected chi connectivity index (χ3v) is 4.69. The summed E-state index contributed by atoms with van der Waals surface area (Å²) in [5.41, 5.74) is 1.35. The fraction of sp³-hybridized carbons (Fsp3) is 0.231. The van der Waals surface area contributed by atoms with Crippen LogP contribution in [-0.4, -0.2) is 11.7 Å². The van der Waals surface area contributed by atoms with E-state index in [-0.39, 0.29) is 0 Å². The van der Waals surface area contributed by atoms with Crippen molar-refractivity contribution < 1.29 is 9.84 Å². The molecule has 1 atom stereocenters. The average molecular weight is 382 g/mol. The highest BCUT2D eigenvalue weighted by Crippen LogP contribution is 2.37. The van der Waals surface area contributed by atoms with Crippen LogP contribution in [0.3, 0.4) is 0 Å². The summed E-state index contributed by atoms with van der Waals surface area (Å²) < 4.78 is 6.31. The van der Waals surface area contributed by atoms with Crippen LogP contribution in [0.1, 0.15) is 24.2 Å². The second-order valence-electron chi connectivity index (χ2n) is 3.82. The summed E-state index contributed by atoms with van der Waals surface area (Å²) in [7, 11) is 0. The molecule has 0 saturated heterocycles. The van der Waals surface area contributed by atoms with Crippen LogP contribution < -0.4 is 4.74 Å². The lowest BCUT2D eigenvalue weighted by Crippen LogP contribution is -2.00. The van der Waals surface area contributed by atoms with Crippen LogP contribution >= 0.6 is 50.5 Å². The third-order valence-electron chi connectivity index (χ3n) is 2.55.